The Morgan fingerprint density at radius 2 is 2.11 bits per heavy atom. The molecule has 1 aliphatic heterocycles. The van der Waals surface area contributed by atoms with Crippen molar-refractivity contribution in [1.82, 2.24) is 9.88 Å². The lowest BCUT2D eigenvalue weighted by Crippen LogP contribution is -2.32. The molecule has 2 heterocycles. The molecule has 1 fully saturated rings. The number of nitrogens with one attached hydrogen (secondary N) is 1. The molecule has 1 atom stereocenters. The summed E-state index contributed by atoms with van der Waals surface area (Å²) in [6.45, 7) is 3.11. The first-order chi connectivity index (χ1) is 9.22. The van der Waals surface area contributed by atoms with Crippen LogP contribution in [0.3, 0.4) is 0 Å². The van der Waals surface area contributed by atoms with Crippen molar-refractivity contribution >= 4 is 22.7 Å². The third kappa shape index (κ3) is 2.85. The number of likely N-dealkylation sites (tertiary alicyclic amines) is 1. The van der Waals surface area contributed by atoms with E-state index >= 15 is 0 Å². The van der Waals surface area contributed by atoms with E-state index in [1.54, 1.807) is 0 Å². The first-order valence-corrected chi connectivity index (χ1v) is 7.15. The number of nitrogens with zero attached hydrogens (tertiary/aromatic N) is 1. The van der Waals surface area contributed by atoms with E-state index in [-0.39, 0.29) is 5.38 Å². The highest BCUT2D eigenvalue weighted by molar-refractivity contribution is 6.21. The van der Waals surface area contributed by atoms with Crippen LogP contribution in [0.5, 0.6) is 0 Å². The lowest BCUT2D eigenvalue weighted by atomic mass is 10.1. The molecule has 1 aliphatic rings. The number of hydrogen-bond donors (Lipinski definition) is 1. The van der Waals surface area contributed by atoms with E-state index in [0.29, 0.717) is 5.58 Å². The van der Waals surface area contributed by atoms with Gasteiger partial charge in [0.25, 0.3) is 0 Å². The van der Waals surface area contributed by atoms with Gasteiger partial charge in [-0.05, 0) is 43.6 Å². The van der Waals surface area contributed by atoms with Crippen molar-refractivity contribution in [2.45, 2.75) is 24.6 Å². The number of rotatable bonds is 3. The minimum Gasteiger partial charge on any atom is -0.408 e. The minimum absolute atomic E-state index is 0.0669. The fourth-order valence-corrected chi connectivity index (χ4v) is 2.96. The lowest BCUT2D eigenvalue weighted by Gasteiger charge is -2.28. The summed E-state index contributed by atoms with van der Waals surface area (Å²) in [5, 5.41) is -0.0669. The summed E-state index contributed by atoms with van der Waals surface area (Å²) in [5.41, 5.74) is 2.30. The zero-order chi connectivity index (χ0) is 13.2. The molecule has 0 spiro atoms. The van der Waals surface area contributed by atoms with Crippen LogP contribution in [-0.4, -0.2) is 29.5 Å². The molecule has 1 unspecified atom stereocenters. The Kier molecular flexibility index (Phi) is 3.62. The lowest BCUT2D eigenvalue weighted by molar-refractivity contribution is 0.229. The van der Waals surface area contributed by atoms with Gasteiger partial charge in [0.1, 0.15) is 0 Å². The zero-order valence-electron chi connectivity index (χ0n) is 10.7. The third-order valence-corrected chi connectivity index (χ3v) is 4.06. The van der Waals surface area contributed by atoms with Gasteiger partial charge in [0.2, 0.25) is 0 Å². The Balaban J connectivity index is 1.76. The molecule has 19 heavy (non-hydrogen) atoms. The van der Waals surface area contributed by atoms with Gasteiger partial charge in [-0.2, -0.15) is 0 Å². The largest absolute Gasteiger partial charge is 0.417 e. The number of hydrogen-bond acceptors (Lipinski definition) is 3. The maximum atomic E-state index is 11.1. The smallest absolute Gasteiger partial charge is 0.408 e. The van der Waals surface area contributed by atoms with Gasteiger partial charge in [-0.15, -0.1) is 11.6 Å². The predicted octanol–water partition coefficient (Wildman–Crippen LogP) is 2.89. The highest BCUT2D eigenvalue weighted by Gasteiger charge is 2.17. The number of oxazole rings is 1. The average molecular weight is 281 g/mol. The van der Waals surface area contributed by atoms with E-state index in [4.69, 9.17) is 16.0 Å². The Morgan fingerprint density at radius 1 is 1.32 bits per heavy atom. The number of H-pyrrole nitrogens is 1. The van der Waals surface area contributed by atoms with Gasteiger partial charge in [-0.25, -0.2) is 4.79 Å². The third-order valence-electron chi connectivity index (χ3n) is 3.67. The first kappa shape index (κ1) is 12.8. The number of benzene rings is 1. The molecule has 1 saturated heterocycles. The van der Waals surface area contributed by atoms with E-state index in [1.807, 2.05) is 18.2 Å². The van der Waals surface area contributed by atoms with Crippen LogP contribution in [0.1, 0.15) is 30.2 Å². The van der Waals surface area contributed by atoms with Gasteiger partial charge in [0.15, 0.2) is 5.58 Å². The van der Waals surface area contributed by atoms with Crippen LogP contribution in [0, 0.1) is 0 Å². The fourth-order valence-electron chi connectivity index (χ4n) is 2.63. The number of aromatic amines is 1. The van der Waals surface area contributed by atoms with E-state index in [0.717, 1.165) is 30.7 Å². The van der Waals surface area contributed by atoms with Crippen molar-refractivity contribution in [3.8, 4) is 0 Å². The van der Waals surface area contributed by atoms with E-state index < -0.39 is 5.76 Å². The average Bonchev–Trinajstić information content (AvgIpc) is 2.78. The molecule has 0 bridgehead atoms. The van der Waals surface area contributed by atoms with E-state index in [1.165, 1.54) is 19.3 Å². The van der Waals surface area contributed by atoms with Gasteiger partial charge in [-0.1, -0.05) is 12.5 Å². The summed E-state index contributed by atoms with van der Waals surface area (Å²) in [6.07, 6.45) is 3.84. The molecular formula is C14H17ClN2O2. The van der Waals surface area contributed by atoms with E-state index in [2.05, 4.69) is 9.88 Å². The van der Waals surface area contributed by atoms with Crippen molar-refractivity contribution in [2.75, 3.05) is 19.6 Å². The van der Waals surface area contributed by atoms with Crippen LogP contribution >= 0.6 is 11.6 Å². The van der Waals surface area contributed by atoms with Crippen LogP contribution in [0.15, 0.2) is 27.4 Å². The Morgan fingerprint density at radius 3 is 2.89 bits per heavy atom. The summed E-state index contributed by atoms with van der Waals surface area (Å²) >= 11 is 6.48. The molecule has 3 rings (SSSR count). The second-order valence-electron chi connectivity index (χ2n) is 5.10. The maximum Gasteiger partial charge on any atom is 0.417 e. The van der Waals surface area contributed by atoms with Gasteiger partial charge < -0.3 is 9.32 Å². The van der Waals surface area contributed by atoms with Crippen molar-refractivity contribution in [1.29, 1.82) is 0 Å². The zero-order valence-corrected chi connectivity index (χ0v) is 11.4. The monoisotopic (exact) mass is 280 g/mol. The summed E-state index contributed by atoms with van der Waals surface area (Å²) in [4.78, 5) is 16.2. The number of alkyl halides is 1. The van der Waals surface area contributed by atoms with Crippen LogP contribution < -0.4 is 5.76 Å². The fraction of sp³-hybridized carbons (Fsp3) is 0.500. The number of fused-ring (bicyclic) bond motifs is 1. The van der Waals surface area contributed by atoms with Gasteiger partial charge >= 0.3 is 5.76 Å². The molecule has 0 saturated carbocycles. The summed E-state index contributed by atoms with van der Waals surface area (Å²) in [7, 11) is 0. The minimum atomic E-state index is -0.422. The van der Waals surface area contributed by atoms with Crippen LogP contribution in [0.2, 0.25) is 0 Å². The number of aromatic nitrogens is 1. The first-order valence-electron chi connectivity index (χ1n) is 6.71. The summed E-state index contributed by atoms with van der Waals surface area (Å²) in [6, 6.07) is 5.66. The van der Waals surface area contributed by atoms with Crippen molar-refractivity contribution in [3.63, 3.8) is 0 Å². The molecule has 0 aliphatic carbocycles. The highest BCUT2D eigenvalue weighted by Crippen LogP contribution is 2.25. The second kappa shape index (κ2) is 5.39. The molecule has 1 aromatic heterocycles. The molecule has 2 aromatic rings. The van der Waals surface area contributed by atoms with Crippen molar-refractivity contribution in [2.24, 2.45) is 0 Å². The number of piperidine rings is 1. The van der Waals surface area contributed by atoms with Crippen LogP contribution in [0.4, 0.5) is 0 Å². The van der Waals surface area contributed by atoms with Crippen molar-refractivity contribution in [3.05, 3.63) is 34.3 Å². The van der Waals surface area contributed by atoms with E-state index in [9.17, 15) is 4.79 Å². The van der Waals surface area contributed by atoms with Gasteiger partial charge in [-0.3, -0.25) is 4.98 Å². The molecule has 4 nitrogen and oxygen atoms in total. The normalized spacial score (nSPS) is 18.8. The molecule has 0 radical (unpaired) electrons. The number of halogens is 1. The Hall–Kier alpha value is -1.26. The summed E-state index contributed by atoms with van der Waals surface area (Å²) < 4.78 is 5.07. The van der Waals surface area contributed by atoms with Crippen LogP contribution in [0.25, 0.3) is 11.1 Å². The maximum absolute atomic E-state index is 11.1. The van der Waals surface area contributed by atoms with Gasteiger partial charge in [0, 0.05) is 6.54 Å². The molecule has 102 valence electrons. The SMILES string of the molecule is O=c1[nH]c2ccc(C(Cl)CN3CCCCC3)cc2o1. The highest BCUT2D eigenvalue weighted by atomic mass is 35.5. The standard InChI is InChI=1S/C14H17ClN2O2/c15-11(9-17-6-2-1-3-7-17)10-4-5-12-13(8-10)19-14(18)16-12/h4-5,8,11H,1-3,6-7,9H2,(H,16,18). The van der Waals surface area contributed by atoms with Crippen LogP contribution in [-0.2, 0) is 0 Å². The summed E-state index contributed by atoms with van der Waals surface area (Å²) in [5.74, 6) is -0.422. The predicted molar refractivity (Wildman–Crippen MR) is 75.7 cm³/mol. The molecule has 1 aromatic carbocycles. The molecule has 5 heteroatoms. The van der Waals surface area contributed by atoms with Gasteiger partial charge in [0.05, 0.1) is 10.9 Å². The molecular weight excluding hydrogens is 264 g/mol. The Bertz CT molecular complexity index is 613. The molecule has 1 N–H and O–H groups in total. The molecule has 0 amide bonds. The van der Waals surface area contributed by atoms with Crippen molar-refractivity contribution < 1.29 is 4.42 Å². The Labute approximate surface area is 116 Å². The topological polar surface area (TPSA) is 49.2 Å². The second-order valence-corrected chi connectivity index (χ2v) is 5.63. The quantitative estimate of drug-likeness (QED) is 0.880.